The van der Waals surface area contributed by atoms with Crippen LogP contribution in [0.1, 0.15) is 64.7 Å². The van der Waals surface area contributed by atoms with Gasteiger partial charge in [-0.2, -0.15) is 0 Å². The number of fused-ring (bicyclic) bond motifs is 5. The van der Waals surface area contributed by atoms with Gasteiger partial charge in [0.15, 0.2) is 0 Å². The van der Waals surface area contributed by atoms with E-state index in [4.69, 9.17) is 8.85 Å². The summed E-state index contributed by atoms with van der Waals surface area (Å²) in [6.07, 6.45) is 9.38. The fraction of sp³-hybridized carbons (Fsp3) is 0.327. The van der Waals surface area contributed by atoms with Crippen LogP contribution < -0.4 is 31.1 Å². The van der Waals surface area contributed by atoms with Crippen LogP contribution in [0, 0.1) is 34.5 Å². The Hall–Kier alpha value is -4.66. The van der Waals surface area contributed by atoms with Crippen LogP contribution in [-0.2, 0) is 13.6 Å². The second-order valence-electron chi connectivity index (χ2n) is 18.7. The Morgan fingerprint density at radius 3 is 1.38 bits per heavy atom. The molecule has 5 heteroatoms. The van der Waals surface area contributed by atoms with E-state index >= 15 is 0 Å². The quantitative estimate of drug-likeness (QED) is 0.0975. The van der Waals surface area contributed by atoms with Gasteiger partial charge in [0.25, 0.3) is 16.6 Å². The number of benzene rings is 6. The summed E-state index contributed by atoms with van der Waals surface area (Å²) < 4.78 is 16.0. The maximum absolute atomic E-state index is 13.4. The highest BCUT2D eigenvalue weighted by molar-refractivity contribution is 7.07. The Bertz CT molecular complexity index is 2170. The van der Waals surface area contributed by atoms with Crippen molar-refractivity contribution >= 4 is 53.5 Å². The molecule has 4 aliphatic carbocycles. The lowest BCUT2D eigenvalue weighted by Crippen LogP contribution is -2.71. The molecule has 304 valence electrons. The maximum atomic E-state index is 13.4. The number of rotatable bonds is 11. The average Bonchev–Trinajstić information content (AvgIpc) is 3.65. The van der Waals surface area contributed by atoms with E-state index in [1.165, 1.54) is 50.4 Å². The van der Waals surface area contributed by atoms with Crippen LogP contribution in [-0.4, -0.2) is 35.1 Å². The lowest BCUT2D eigenvalue weighted by atomic mass is 9.45. The van der Waals surface area contributed by atoms with Crippen molar-refractivity contribution < 1.29 is 13.6 Å². The molecule has 0 unspecified atom stereocenters. The van der Waals surface area contributed by atoms with Crippen molar-refractivity contribution in [1.82, 2.24) is 0 Å². The van der Waals surface area contributed by atoms with Crippen LogP contribution in [0.3, 0.4) is 0 Å². The van der Waals surface area contributed by atoms with E-state index in [0.29, 0.717) is 48.9 Å². The number of Topliss-reactive ketones (excluding diaryl/α,β-unsaturated/α-hetero) is 1. The van der Waals surface area contributed by atoms with Crippen LogP contribution in [0.25, 0.3) is 0 Å². The molecule has 7 atom stereocenters. The molecule has 60 heavy (non-hydrogen) atoms. The van der Waals surface area contributed by atoms with Gasteiger partial charge < -0.3 is 8.85 Å². The third-order valence-corrected chi connectivity index (χ3v) is 24.1. The molecule has 0 aliphatic heterocycles. The predicted molar refractivity (Wildman–Crippen MR) is 250 cm³/mol. The summed E-state index contributed by atoms with van der Waals surface area (Å²) in [5.41, 5.74) is 0.0259. The monoisotopic (exact) mass is 822 g/mol. The van der Waals surface area contributed by atoms with E-state index < -0.39 is 16.6 Å². The van der Waals surface area contributed by atoms with Crippen LogP contribution >= 0.6 is 0 Å². The van der Waals surface area contributed by atoms with Gasteiger partial charge in [0.05, 0.1) is 6.10 Å². The lowest BCUT2D eigenvalue weighted by molar-refractivity contribution is -0.153. The first-order valence-corrected chi connectivity index (χ1v) is 26.5. The van der Waals surface area contributed by atoms with E-state index in [9.17, 15) is 4.79 Å². The summed E-state index contributed by atoms with van der Waals surface area (Å²) in [4.78, 5) is 13.4. The van der Waals surface area contributed by atoms with Gasteiger partial charge in [-0.25, -0.2) is 0 Å². The molecule has 3 nitrogen and oxygen atoms in total. The molecule has 0 N–H and O–H groups in total. The van der Waals surface area contributed by atoms with Crippen LogP contribution in [0.15, 0.2) is 182 Å². The van der Waals surface area contributed by atoms with Gasteiger partial charge in [-0.05, 0) is 111 Å². The Labute approximate surface area is 359 Å². The Morgan fingerprint density at radius 1 is 0.500 bits per heavy atom. The summed E-state index contributed by atoms with van der Waals surface area (Å²) in [6.45, 7) is 3.30. The zero-order valence-corrected chi connectivity index (χ0v) is 37.0. The number of carbonyl (C=O) groups excluding carboxylic acids is 1. The largest absolute Gasteiger partial charge is 0.404 e. The molecule has 0 spiro atoms. The summed E-state index contributed by atoms with van der Waals surface area (Å²) in [5, 5.41) is 7.79. The highest BCUT2D eigenvalue weighted by Gasteiger charge is 2.63. The van der Waals surface area contributed by atoms with E-state index in [1.54, 1.807) is 0 Å². The van der Waals surface area contributed by atoms with E-state index in [2.05, 4.69) is 189 Å². The Kier molecular flexibility index (Phi) is 10.7. The zero-order chi connectivity index (χ0) is 40.6. The van der Waals surface area contributed by atoms with Gasteiger partial charge in [0.1, 0.15) is 5.78 Å². The van der Waals surface area contributed by atoms with E-state index in [1.807, 2.05) is 0 Å². The maximum Gasteiger partial charge on any atom is 0.288 e. The van der Waals surface area contributed by atoms with Crippen molar-refractivity contribution in [2.45, 2.75) is 70.8 Å². The fourth-order valence-corrected chi connectivity index (χ4v) is 21.4. The molecule has 0 saturated heterocycles. The zero-order valence-electron chi connectivity index (χ0n) is 35.0. The molecule has 6 aromatic rings. The average molecular weight is 823 g/mol. The second kappa shape index (κ2) is 16.3. The van der Waals surface area contributed by atoms with Crippen LogP contribution in [0.2, 0.25) is 0 Å². The summed E-state index contributed by atoms with van der Waals surface area (Å²) in [5.74, 6) is 2.50. The molecule has 0 radical (unpaired) electrons. The van der Waals surface area contributed by atoms with Gasteiger partial charge in [0, 0.05) is 19.4 Å². The van der Waals surface area contributed by atoms with Crippen molar-refractivity contribution in [2.75, 3.05) is 6.61 Å². The number of ketones is 1. The number of hydrogen-bond donors (Lipinski definition) is 0. The second-order valence-corrected chi connectivity index (χ2v) is 25.4. The molecule has 4 aliphatic rings. The molecule has 0 heterocycles. The van der Waals surface area contributed by atoms with Gasteiger partial charge >= 0.3 is 0 Å². The molecule has 4 saturated carbocycles. The fourth-order valence-electron chi connectivity index (χ4n) is 13.2. The van der Waals surface area contributed by atoms with Gasteiger partial charge in [0.2, 0.25) is 0 Å². The van der Waals surface area contributed by atoms with Gasteiger partial charge in [-0.1, -0.05) is 189 Å². The van der Waals surface area contributed by atoms with Crippen molar-refractivity contribution in [3.63, 3.8) is 0 Å². The highest BCUT2D eigenvalue weighted by Crippen LogP contribution is 2.66. The number of carbonyl (C=O) groups is 1. The minimum absolute atomic E-state index is 0.0374. The van der Waals surface area contributed by atoms with Crippen molar-refractivity contribution in [2.24, 2.45) is 34.5 Å². The topological polar surface area (TPSA) is 35.5 Å². The molecule has 0 amide bonds. The minimum Gasteiger partial charge on any atom is -0.404 e. The van der Waals surface area contributed by atoms with Crippen LogP contribution in [0.5, 0.6) is 0 Å². The highest BCUT2D eigenvalue weighted by atomic mass is 28.4. The third kappa shape index (κ3) is 6.55. The van der Waals surface area contributed by atoms with Gasteiger partial charge in [-0.15, -0.1) is 0 Å². The smallest absolute Gasteiger partial charge is 0.288 e. The minimum atomic E-state index is -2.94. The summed E-state index contributed by atoms with van der Waals surface area (Å²) in [7, 11) is -5.83. The molecule has 0 aromatic heterocycles. The Balaban J connectivity index is 1.02. The Morgan fingerprint density at radius 2 is 0.933 bits per heavy atom. The molecule has 0 bridgehead atoms. The number of hydrogen-bond acceptors (Lipinski definition) is 3. The molecule has 4 fully saturated rings. The van der Waals surface area contributed by atoms with Crippen molar-refractivity contribution in [3.8, 4) is 0 Å². The summed E-state index contributed by atoms with van der Waals surface area (Å²) >= 11 is 0. The van der Waals surface area contributed by atoms with Crippen molar-refractivity contribution in [1.29, 1.82) is 0 Å². The first kappa shape index (κ1) is 39.5. The van der Waals surface area contributed by atoms with Crippen LogP contribution in [0.4, 0.5) is 0 Å². The molecule has 6 aromatic carbocycles. The normalized spacial score (nSPS) is 27.7. The standard InChI is InChI=1S/C55H58O3Si2/c1-54-38-37-52-50(51(54)34-35-53(54)58-60(47-26-14-5-15-27-47,48-28-16-6-17-29-48)49-30-18-7-19-31-49)33-32-42-40-43(56)36-39-55(42,52)41-57-59(44-20-8-2-9-21-44,45-22-10-3-11-23-45)46-24-12-4-13-25-46/h2-31,42,50-53H,32-41H2,1H3/t42-,50-,51-,52-,53-,54-,55+/m0/s1. The van der Waals surface area contributed by atoms with Crippen molar-refractivity contribution in [3.05, 3.63) is 182 Å². The van der Waals surface area contributed by atoms with Gasteiger partial charge in [-0.3, -0.25) is 4.79 Å². The lowest BCUT2D eigenvalue weighted by Gasteiger charge is -2.61. The SMILES string of the molecule is C[C@]12CC[C@H]3[C@@H](CC[C@H]4CC(=O)CC[C@@]43CO[Si](c3ccccc3)(c3ccccc3)c3ccccc3)[C@@H]1CC[C@@H]2O[Si](c1ccccc1)(c1ccccc1)c1ccccc1. The summed E-state index contributed by atoms with van der Waals surface area (Å²) in [6, 6.07) is 66.6. The molecule has 10 rings (SSSR count). The third-order valence-electron chi connectivity index (χ3n) is 16.1. The first-order chi connectivity index (χ1) is 29.5. The molecular formula is C55H58O3Si2. The van der Waals surface area contributed by atoms with E-state index in [0.717, 1.165) is 25.7 Å². The molecular weight excluding hydrogens is 765 g/mol. The van der Waals surface area contributed by atoms with E-state index in [-0.39, 0.29) is 16.9 Å². The predicted octanol–water partition coefficient (Wildman–Crippen LogP) is 8.31. The first-order valence-electron chi connectivity index (χ1n) is 22.6.